The van der Waals surface area contributed by atoms with Gasteiger partial charge in [-0.2, -0.15) is 0 Å². The smallest absolute Gasteiger partial charge is 0.0922 e. The van der Waals surface area contributed by atoms with Gasteiger partial charge < -0.3 is 5.73 Å². The van der Waals surface area contributed by atoms with E-state index in [0.29, 0.717) is 0 Å². The van der Waals surface area contributed by atoms with Gasteiger partial charge in [0.1, 0.15) is 0 Å². The number of hydrogen-bond acceptors (Lipinski definition) is 4. The molecule has 0 aliphatic rings. The second-order valence-corrected chi connectivity index (χ2v) is 3.76. The molecule has 0 aliphatic heterocycles. The summed E-state index contributed by atoms with van der Waals surface area (Å²) in [7, 11) is 1.70. The third-order valence-electron chi connectivity index (χ3n) is 2.44. The maximum Gasteiger partial charge on any atom is 0.0922 e. The molecule has 1 aromatic carbocycles. The zero-order valence-corrected chi connectivity index (χ0v) is 9.88. The highest BCUT2D eigenvalue weighted by Gasteiger charge is 2.03. The number of aryl methyl sites for hydroxylation is 1. The van der Waals surface area contributed by atoms with E-state index in [4.69, 9.17) is 5.73 Å². The van der Waals surface area contributed by atoms with Crippen LogP contribution in [0.1, 0.15) is 11.3 Å². The van der Waals surface area contributed by atoms with E-state index in [9.17, 15) is 0 Å². The molecule has 0 radical (unpaired) electrons. The number of nitrogens with two attached hydrogens (primary N) is 1. The van der Waals surface area contributed by atoms with Crippen molar-refractivity contribution in [3.63, 3.8) is 0 Å². The van der Waals surface area contributed by atoms with Crippen LogP contribution in [0.5, 0.6) is 0 Å². The van der Waals surface area contributed by atoms with Gasteiger partial charge in [-0.05, 0) is 24.6 Å². The molecule has 0 saturated carbocycles. The van der Waals surface area contributed by atoms with E-state index in [1.54, 1.807) is 19.5 Å². The summed E-state index contributed by atoms with van der Waals surface area (Å²) in [6, 6.07) is 5.98. The number of benzene rings is 1. The van der Waals surface area contributed by atoms with Crippen molar-refractivity contribution >= 4 is 22.8 Å². The Bertz CT molecular complexity index is 599. The highest BCUT2D eigenvalue weighted by molar-refractivity contribution is 6.09. The Balaban J connectivity index is 2.57. The number of allylic oxidation sites excluding steroid dienone is 1. The average molecular weight is 226 g/mol. The van der Waals surface area contributed by atoms with Crippen LogP contribution in [-0.4, -0.2) is 23.2 Å². The number of nitrogens with zero attached hydrogens (tertiary/aromatic N) is 3. The molecule has 4 heteroatoms. The Morgan fingerprint density at radius 3 is 2.88 bits per heavy atom. The molecule has 1 aromatic heterocycles. The largest absolute Gasteiger partial charge is 0.404 e. The van der Waals surface area contributed by atoms with Crippen LogP contribution in [0.4, 0.5) is 0 Å². The summed E-state index contributed by atoms with van der Waals surface area (Å²) in [6.45, 7) is 2.03. The first-order chi connectivity index (χ1) is 8.24. The van der Waals surface area contributed by atoms with E-state index in [2.05, 4.69) is 15.0 Å². The average Bonchev–Trinajstić information content (AvgIpc) is 2.35. The number of hydrogen-bond donors (Lipinski definition) is 1. The fourth-order valence-electron chi connectivity index (χ4n) is 1.59. The molecule has 0 spiro atoms. The predicted octanol–water partition coefficient (Wildman–Crippen LogP) is 1.94. The molecular weight excluding hydrogens is 212 g/mol. The van der Waals surface area contributed by atoms with Crippen LogP contribution in [0.25, 0.3) is 16.6 Å². The number of aliphatic imine (C=N–C) groups is 1. The zero-order chi connectivity index (χ0) is 12.3. The summed E-state index contributed by atoms with van der Waals surface area (Å²) < 4.78 is 0. The zero-order valence-electron chi connectivity index (χ0n) is 9.88. The van der Waals surface area contributed by atoms with E-state index in [0.717, 1.165) is 27.9 Å². The fraction of sp³-hybridized carbons (Fsp3) is 0.154. The Kier molecular flexibility index (Phi) is 3.14. The molecule has 0 bridgehead atoms. The minimum atomic E-state index is 0.733. The first kappa shape index (κ1) is 11.3. The van der Waals surface area contributed by atoms with Gasteiger partial charge in [0, 0.05) is 25.0 Å². The van der Waals surface area contributed by atoms with Crippen molar-refractivity contribution in [3.05, 3.63) is 41.9 Å². The first-order valence-corrected chi connectivity index (χ1v) is 5.32. The summed E-state index contributed by atoms with van der Waals surface area (Å²) in [5.41, 5.74) is 9.95. The third kappa shape index (κ3) is 2.30. The fourth-order valence-corrected chi connectivity index (χ4v) is 1.59. The van der Waals surface area contributed by atoms with Crippen LogP contribution in [0, 0.1) is 6.92 Å². The highest BCUT2D eigenvalue weighted by atomic mass is 14.8. The van der Waals surface area contributed by atoms with Crippen molar-refractivity contribution in [2.75, 3.05) is 7.05 Å². The summed E-state index contributed by atoms with van der Waals surface area (Å²) >= 11 is 0. The lowest BCUT2D eigenvalue weighted by molar-refractivity contribution is 1.25. The molecule has 2 rings (SSSR count). The van der Waals surface area contributed by atoms with Crippen LogP contribution >= 0.6 is 0 Å². The van der Waals surface area contributed by atoms with Gasteiger partial charge in [-0.3, -0.25) is 9.98 Å². The number of fused-ring (bicyclic) bond motifs is 1. The maximum atomic E-state index is 5.54. The van der Waals surface area contributed by atoms with Gasteiger partial charge in [0.05, 0.1) is 22.9 Å². The normalized spacial score (nSPS) is 12.5. The number of rotatable bonds is 2. The highest BCUT2D eigenvalue weighted by Crippen LogP contribution is 2.15. The van der Waals surface area contributed by atoms with E-state index in [-0.39, 0.29) is 0 Å². The lowest BCUT2D eigenvalue weighted by Gasteiger charge is -2.03. The van der Waals surface area contributed by atoms with Crippen molar-refractivity contribution in [1.29, 1.82) is 0 Å². The second-order valence-electron chi connectivity index (χ2n) is 3.76. The van der Waals surface area contributed by atoms with Crippen molar-refractivity contribution in [2.24, 2.45) is 10.7 Å². The molecule has 0 aliphatic carbocycles. The summed E-state index contributed by atoms with van der Waals surface area (Å²) in [5.74, 6) is 0. The minimum absolute atomic E-state index is 0.733. The van der Waals surface area contributed by atoms with E-state index in [1.807, 2.05) is 25.1 Å². The van der Waals surface area contributed by atoms with Crippen molar-refractivity contribution in [3.8, 4) is 0 Å². The quantitative estimate of drug-likeness (QED) is 0.796. The molecule has 86 valence electrons. The van der Waals surface area contributed by atoms with Crippen molar-refractivity contribution < 1.29 is 0 Å². The Hall–Kier alpha value is -2.23. The topological polar surface area (TPSA) is 64.2 Å². The van der Waals surface area contributed by atoms with Crippen molar-refractivity contribution in [2.45, 2.75) is 6.92 Å². The van der Waals surface area contributed by atoms with Crippen LogP contribution in [0.15, 0.2) is 35.6 Å². The molecule has 17 heavy (non-hydrogen) atoms. The lowest BCUT2D eigenvalue weighted by atomic mass is 10.2. The van der Waals surface area contributed by atoms with Gasteiger partial charge in [-0.25, -0.2) is 4.98 Å². The molecule has 1 heterocycles. The van der Waals surface area contributed by atoms with Crippen LogP contribution in [-0.2, 0) is 0 Å². The molecule has 0 amide bonds. The van der Waals surface area contributed by atoms with Gasteiger partial charge in [0.25, 0.3) is 0 Å². The van der Waals surface area contributed by atoms with Crippen LogP contribution < -0.4 is 5.73 Å². The molecular formula is C13H14N4. The Labute approximate surface area is 99.9 Å². The minimum Gasteiger partial charge on any atom is -0.404 e. The second kappa shape index (κ2) is 4.74. The summed E-state index contributed by atoms with van der Waals surface area (Å²) in [4.78, 5) is 12.8. The lowest BCUT2D eigenvalue weighted by Crippen LogP contribution is -1.96. The van der Waals surface area contributed by atoms with Gasteiger partial charge in [0.15, 0.2) is 0 Å². The maximum absolute atomic E-state index is 5.54. The molecule has 2 aromatic rings. The SMILES string of the molecule is CN=C/C(=C\N)c1cnc2ccc(C)cc2n1. The molecule has 0 unspecified atom stereocenters. The molecule has 0 atom stereocenters. The van der Waals surface area contributed by atoms with Crippen molar-refractivity contribution in [1.82, 2.24) is 9.97 Å². The van der Waals surface area contributed by atoms with E-state index < -0.39 is 0 Å². The summed E-state index contributed by atoms with van der Waals surface area (Å²) in [6.07, 6.45) is 4.86. The molecule has 0 saturated heterocycles. The van der Waals surface area contributed by atoms with Crippen LogP contribution in [0.3, 0.4) is 0 Å². The van der Waals surface area contributed by atoms with Gasteiger partial charge >= 0.3 is 0 Å². The Morgan fingerprint density at radius 1 is 1.35 bits per heavy atom. The van der Waals surface area contributed by atoms with Gasteiger partial charge in [0.2, 0.25) is 0 Å². The van der Waals surface area contributed by atoms with Gasteiger partial charge in [-0.1, -0.05) is 6.07 Å². The monoisotopic (exact) mass is 226 g/mol. The predicted molar refractivity (Wildman–Crippen MR) is 70.9 cm³/mol. The standard InChI is InChI=1S/C13H14N4/c1-9-3-4-11-12(5-9)17-13(8-16-11)10(6-14)7-15-2/h3-8H,14H2,1-2H3/b10-6+,15-7?. The third-order valence-corrected chi connectivity index (χ3v) is 2.44. The molecule has 2 N–H and O–H groups in total. The van der Waals surface area contributed by atoms with E-state index in [1.165, 1.54) is 6.20 Å². The molecule has 0 fully saturated rings. The first-order valence-electron chi connectivity index (χ1n) is 5.32. The number of aromatic nitrogens is 2. The van der Waals surface area contributed by atoms with Crippen LogP contribution in [0.2, 0.25) is 0 Å². The Morgan fingerprint density at radius 2 is 2.18 bits per heavy atom. The van der Waals surface area contributed by atoms with E-state index >= 15 is 0 Å². The summed E-state index contributed by atoms with van der Waals surface area (Å²) in [5, 5.41) is 0. The van der Waals surface area contributed by atoms with Gasteiger partial charge in [-0.15, -0.1) is 0 Å². The molecule has 4 nitrogen and oxygen atoms in total.